The van der Waals surface area contributed by atoms with E-state index in [0.717, 1.165) is 90.8 Å². The van der Waals surface area contributed by atoms with Gasteiger partial charge in [-0.2, -0.15) is 9.97 Å². The van der Waals surface area contributed by atoms with Crippen LogP contribution in [-0.4, -0.2) is 123 Å². The number of aliphatic hydroxyl groups is 1. The Morgan fingerprint density at radius 3 is 2.37 bits per heavy atom. The Balaban J connectivity index is 0.767. The third-order valence-electron chi connectivity index (χ3n) is 15.3. The SMILES string of the molecule is CCc1c(F)ccc2cc(O)cc(-c3ncc4c(N5CCC[C@@](C)(O)C5)nc(OC5CCN(C6CCN(CC7CCN(c8ccc(C9CCC(=O)NC9=O)cc8F)CC7)CC6)CC5)nc4c3F)c12. The second kappa shape index (κ2) is 19.1. The summed E-state index contributed by atoms with van der Waals surface area (Å²) in [4.78, 5) is 47.3. The lowest BCUT2D eigenvalue weighted by molar-refractivity contribution is -0.134. The highest BCUT2D eigenvalue weighted by atomic mass is 19.1. The summed E-state index contributed by atoms with van der Waals surface area (Å²) in [6.07, 6.45) is 9.39. The number of aromatic nitrogens is 3. The predicted octanol–water partition coefficient (Wildman–Crippen LogP) is 7.63. The van der Waals surface area contributed by atoms with Crippen LogP contribution in [0.1, 0.15) is 95.1 Å². The Labute approximate surface area is 394 Å². The number of ether oxygens (including phenoxy) is 1. The van der Waals surface area contributed by atoms with Crippen molar-refractivity contribution in [2.45, 2.75) is 108 Å². The van der Waals surface area contributed by atoms with Gasteiger partial charge < -0.3 is 34.5 Å². The molecule has 5 fully saturated rings. The van der Waals surface area contributed by atoms with E-state index in [-0.39, 0.29) is 58.7 Å². The Kier molecular flexibility index (Phi) is 12.9. The summed E-state index contributed by atoms with van der Waals surface area (Å²) in [6.45, 7) is 10.9. The number of benzene rings is 3. The van der Waals surface area contributed by atoms with Gasteiger partial charge in [-0.15, -0.1) is 0 Å². The van der Waals surface area contributed by atoms with Gasteiger partial charge in [0.05, 0.1) is 22.6 Å². The maximum absolute atomic E-state index is 17.1. The minimum Gasteiger partial charge on any atom is -0.508 e. The summed E-state index contributed by atoms with van der Waals surface area (Å²) in [6, 6.07) is 11.5. The van der Waals surface area contributed by atoms with E-state index >= 15 is 13.2 Å². The quantitative estimate of drug-likeness (QED) is 0.118. The summed E-state index contributed by atoms with van der Waals surface area (Å²) >= 11 is 0. The molecule has 1 unspecified atom stereocenters. The van der Waals surface area contributed by atoms with Crippen LogP contribution in [0.4, 0.5) is 24.7 Å². The van der Waals surface area contributed by atoms with Crippen LogP contribution in [0.15, 0.2) is 48.7 Å². The van der Waals surface area contributed by atoms with Crippen LogP contribution >= 0.6 is 0 Å². The van der Waals surface area contributed by atoms with Gasteiger partial charge in [0.1, 0.15) is 40.5 Å². The van der Waals surface area contributed by atoms with Crippen molar-refractivity contribution in [3.8, 4) is 23.0 Å². The summed E-state index contributed by atoms with van der Waals surface area (Å²) in [5, 5.41) is 25.6. The van der Waals surface area contributed by atoms with Gasteiger partial charge in [0.15, 0.2) is 5.82 Å². The van der Waals surface area contributed by atoms with E-state index in [1.165, 1.54) is 30.5 Å². The van der Waals surface area contributed by atoms with Gasteiger partial charge in [-0.25, -0.2) is 13.2 Å². The third kappa shape index (κ3) is 9.43. The Morgan fingerprint density at radius 2 is 1.65 bits per heavy atom. The van der Waals surface area contributed by atoms with E-state index in [1.807, 2.05) is 17.9 Å². The van der Waals surface area contributed by atoms with E-state index in [4.69, 9.17) is 9.72 Å². The predicted molar refractivity (Wildman–Crippen MR) is 254 cm³/mol. The molecule has 0 radical (unpaired) electrons. The molecule has 13 nitrogen and oxygen atoms in total. The number of anilines is 2. The number of rotatable bonds is 10. The summed E-state index contributed by atoms with van der Waals surface area (Å²) < 4.78 is 54.1. The van der Waals surface area contributed by atoms with Crippen LogP contribution in [0.3, 0.4) is 0 Å². The number of carbonyl (C=O) groups is 2. The molecule has 5 aromatic rings. The number of phenols is 1. The van der Waals surface area contributed by atoms with Crippen molar-refractivity contribution in [2.75, 3.05) is 68.7 Å². The lowest BCUT2D eigenvalue weighted by Crippen LogP contribution is -2.50. The number of aryl methyl sites for hydroxylation is 1. The number of hydrogen-bond acceptors (Lipinski definition) is 12. The number of nitrogens with zero attached hydrogens (tertiary/aromatic N) is 7. The van der Waals surface area contributed by atoms with Crippen LogP contribution in [0.2, 0.25) is 0 Å². The number of halogens is 3. The second-order valence-corrected chi connectivity index (χ2v) is 20.0. The Hall–Kier alpha value is -5.58. The number of phenolic OH excluding ortho intramolecular Hbond substituents is 1. The van der Waals surface area contributed by atoms with Crippen LogP contribution < -0.4 is 19.9 Å². The highest BCUT2D eigenvalue weighted by molar-refractivity contribution is 6.02. The van der Waals surface area contributed by atoms with Gasteiger partial charge in [0.2, 0.25) is 11.8 Å². The summed E-state index contributed by atoms with van der Waals surface area (Å²) in [5.74, 6) is -1.71. The van der Waals surface area contributed by atoms with Gasteiger partial charge in [-0.05, 0) is 142 Å². The van der Waals surface area contributed by atoms with Crippen molar-refractivity contribution in [2.24, 2.45) is 5.92 Å². The maximum Gasteiger partial charge on any atom is 0.319 e. The molecule has 0 saturated carbocycles. The number of likely N-dealkylation sites (tertiary alicyclic amines) is 2. The molecular formula is C52H61F3N8O5. The number of piperidine rings is 5. The zero-order valence-electron chi connectivity index (χ0n) is 39.0. The molecule has 0 bridgehead atoms. The molecule has 68 heavy (non-hydrogen) atoms. The van der Waals surface area contributed by atoms with Gasteiger partial charge in [-0.3, -0.25) is 19.9 Å². The van der Waals surface area contributed by atoms with Crippen LogP contribution in [0.5, 0.6) is 11.8 Å². The molecule has 5 saturated heterocycles. The normalized spacial score (nSPS) is 23.2. The standard InChI is InChI=1S/C52H61F3N8O5/c1-3-37-41(53)8-5-33-25-35(64)27-39(45(33)37)47-46(55)48-40(28-56-47)49(63-18-4-17-52(2,67)30-63)59-51(58-48)68-36-15-23-61(24-16-36)34-13-19-60(20-14-34)29-31-11-21-62(22-12-31)43-9-6-32(26-42(43)54)38-7-10-44(65)57-50(38)66/h5-6,8-9,25-28,31,34,36,38,64,67H,3-4,7,10-24,29-30H2,1-2H3,(H,57,65,66)/t38?,52-/m1/s1. The highest BCUT2D eigenvalue weighted by Crippen LogP contribution is 2.40. The fourth-order valence-electron chi connectivity index (χ4n) is 11.6. The van der Waals surface area contributed by atoms with Crippen molar-refractivity contribution in [3.63, 3.8) is 0 Å². The molecule has 3 aromatic carbocycles. The molecule has 0 aliphatic carbocycles. The molecule has 2 amide bonds. The van der Waals surface area contributed by atoms with Crippen molar-refractivity contribution in [1.29, 1.82) is 0 Å². The molecule has 0 spiro atoms. The molecule has 7 heterocycles. The number of amides is 2. The molecule has 360 valence electrons. The average molecular weight is 935 g/mol. The molecule has 2 atom stereocenters. The topological polar surface area (TPSA) is 147 Å². The lowest BCUT2D eigenvalue weighted by Gasteiger charge is -2.43. The Morgan fingerprint density at radius 1 is 0.868 bits per heavy atom. The Bertz CT molecular complexity index is 2720. The molecule has 2 aromatic heterocycles. The lowest BCUT2D eigenvalue weighted by atomic mass is 9.90. The van der Waals surface area contributed by atoms with Crippen molar-refractivity contribution in [1.82, 2.24) is 30.1 Å². The highest BCUT2D eigenvalue weighted by Gasteiger charge is 2.35. The number of aromatic hydroxyl groups is 1. The minimum absolute atomic E-state index is 0.00753. The van der Waals surface area contributed by atoms with Crippen molar-refractivity contribution >= 4 is 45.0 Å². The summed E-state index contributed by atoms with van der Waals surface area (Å²) in [5.41, 5.74) is 0.835. The van der Waals surface area contributed by atoms with Crippen LogP contribution in [0, 0.1) is 23.4 Å². The smallest absolute Gasteiger partial charge is 0.319 e. The van der Waals surface area contributed by atoms with Crippen molar-refractivity contribution < 1.29 is 37.7 Å². The second-order valence-electron chi connectivity index (χ2n) is 20.0. The van der Waals surface area contributed by atoms with E-state index in [9.17, 15) is 19.8 Å². The number of carbonyl (C=O) groups excluding carboxylic acids is 2. The first kappa shape index (κ1) is 46.2. The van der Waals surface area contributed by atoms with E-state index in [1.54, 1.807) is 19.1 Å². The zero-order chi connectivity index (χ0) is 47.3. The molecule has 5 aliphatic heterocycles. The number of pyridine rings is 1. The first-order chi connectivity index (χ1) is 32.8. The minimum atomic E-state index is -0.968. The van der Waals surface area contributed by atoms with Gasteiger partial charge in [0, 0.05) is 70.0 Å². The molecular weight excluding hydrogens is 874 g/mol. The fourth-order valence-corrected chi connectivity index (χ4v) is 11.6. The molecule has 16 heteroatoms. The zero-order valence-corrected chi connectivity index (χ0v) is 39.0. The van der Waals surface area contributed by atoms with Crippen LogP contribution in [0.25, 0.3) is 32.9 Å². The van der Waals surface area contributed by atoms with E-state index < -0.39 is 23.2 Å². The van der Waals surface area contributed by atoms with Gasteiger partial charge >= 0.3 is 6.01 Å². The number of nitrogens with one attached hydrogen (secondary N) is 1. The van der Waals surface area contributed by atoms with Gasteiger partial charge in [-0.1, -0.05) is 19.1 Å². The van der Waals surface area contributed by atoms with Gasteiger partial charge in [0.25, 0.3) is 0 Å². The molecule has 10 rings (SSSR count). The monoisotopic (exact) mass is 934 g/mol. The first-order valence-electron chi connectivity index (χ1n) is 24.6. The largest absolute Gasteiger partial charge is 0.508 e. The number of fused-ring (bicyclic) bond motifs is 2. The third-order valence-corrected chi connectivity index (χ3v) is 15.3. The number of imide groups is 1. The fraction of sp³-hybridized carbons (Fsp3) is 0.519. The van der Waals surface area contributed by atoms with Crippen LogP contribution in [-0.2, 0) is 16.0 Å². The number of β-amino-alcohol motifs (C(OH)–C–C–N with tert-alkyl or cyclic N) is 1. The maximum atomic E-state index is 17.1. The summed E-state index contributed by atoms with van der Waals surface area (Å²) in [7, 11) is 0. The first-order valence-corrected chi connectivity index (χ1v) is 24.6. The van der Waals surface area contributed by atoms with Crippen molar-refractivity contribution in [3.05, 3.63) is 77.2 Å². The average Bonchev–Trinajstić information content (AvgIpc) is 3.32. The van der Waals surface area contributed by atoms with E-state index in [2.05, 4.69) is 30.0 Å². The number of hydrogen-bond donors (Lipinski definition) is 3. The van der Waals surface area contributed by atoms with E-state index in [0.29, 0.717) is 83.1 Å². The molecule has 3 N–H and O–H groups in total. The molecule has 5 aliphatic rings.